The second kappa shape index (κ2) is 4.80. The van der Waals surface area contributed by atoms with Gasteiger partial charge in [0.15, 0.2) is 0 Å². The Morgan fingerprint density at radius 3 is 2.44 bits per heavy atom. The summed E-state index contributed by atoms with van der Waals surface area (Å²) >= 11 is 0. The number of rotatable bonds is 2. The predicted octanol–water partition coefficient (Wildman–Crippen LogP) is 3.80. The van der Waals surface area contributed by atoms with Crippen molar-refractivity contribution in [3.8, 4) is 0 Å². The highest BCUT2D eigenvalue weighted by molar-refractivity contribution is 5.80. The van der Waals surface area contributed by atoms with E-state index >= 15 is 0 Å². The van der Waals surface area contributed by atoms with Gasteiger partial charge in [-0.05, 0) is 36.4 Å². The zero-order valence-corrected chi connectivity index (χ0v) is 9.82. The summed E-state index contributed by atoms with van der Waals surface area (Å²) in [6.07, 6.45) is 5.74. The van der Waals surface area contributed by atoms with Gasteiger partial charge in [0.2, 0.25) is 0 Å². The van der Waals surface area contributed by atoms with Gasteiger partial charge in [-0.25, -0.2) is 4.98 Å². The number of hydrogen-bond donors (Lipinski definition) is 0. The highest BCUT2D eigenvalue weighted by atomic mass is 14.7. The quantitative estimate of drug-likeness (QED) is 0.671. The summed E-state index contributed by atoms with van der Waals surface area (Å²) in [7, 11) is 0. The van der Waals surface area contributed by atoms with Crippen LogP contribution in [0.15, 0.2) is 60.8 Å². The Balaban J connectivity index is 1.93. The molecule has 0 bridgehead atoms. The summed E-state index contributed by atoms with van der Waals surface area (Å²) in [5.41, 5.74) is 2.90. The monoisotopic (exact) mass is 232 g/mol. The molecule has 2 aromatic heterocycles. The first-order valence-electron chi connectivity index (χ1n) is 5.87. The fraction of sp³-hybridized carbons (Fsp3) is 0. The normalized spacial score (nSPS) is 11.1. The lowest BCUT2D eigenvalue weighted by Crippen LogP contribution is -1.83. The van der Waals surface area contributed by atoms with Crippen molar-refractivity contribution in [1.82, 2.24) is 9.97 Å². The third-order valence-corrected chi connectivity index (χ3v) is 2.73. The van der Waals surface area contributed by atoms with Crippen LogP contribution in [-0.2, 0) is 0 Å². The molecule has 18 heavy (non-hydrogen) atoms. The molecule has 1 aromatic carbocycles. The summed E-state index contributed by atoms with van der Waals surface area (Å²) in [4.78, 5) is 8.82. The SMILES string of the molecule is C(=Cc1ccc2ccccc2n1)c1ccccn1. The minimum atomic E-state index is 0.937. The van der Waals surface area contributed by atoms with Gasteiger partial charge in [-0.3, -0.25) is 4.98 Å². The smallest absolute Gasteiger partial charge is 0.0709 e. The van der Waals surface area contributed by atoms with Crippen LogP contribution < -0.4 is 0 Å². The Labute approximate surface area is 106 Å². The second-order valence-corrected chi connectivity index (χ2v) is 4.02. The van der Waals surface area contributed by atoms with Crippen LogP contribution in [0, 0.1) is 0 Å². The van der Waals surface area contributed by atoms with E-state index in [0.29, 0.717) is 0 Å². The minimum absolute atomic E-state index is 0.937. The highest BCUT2D eigenvalue weighted by Crippen LogP contribution is 2.13. The van der Waals surface area contributed by atoms with Gasteiger partial charge >= 0.3 is 0 Å². The molecule has 0 unspecified atom stereocenters. The van der Waals surface area contributed by atoms with E-state index in [9.17, 15) is 0 Å². The lowest BCUT2D eigenvalue weighted by atomic mass is 10.2. The van der Waals surface area contributed by atoms with Crippen LogP contribution in [0.3, 0.4) is 0 Å². The lowest BCUT2D eigenvalue weighted by Gasteiger charge is -1.98. The molecule has 2 heterocycles. The number of hydrogen-bond acceptors (Lipinski definition) is 2. The van der Waals surface area contributed by atoms with Gasteiger partial charge in [-0.15, -0.1) is 0 Å². The van der Waals surface area contributed by atoms with Crippen molar-refractivity contribution in [3.05, 3.63) is 72.2 Å². The van der Waals surface area contributed by atoms with Gasteiger partial charge in [0.25, 0.3) is 0 Å². The third kappa shape index (κ3) is 2.28. The van der Waals surface area contributed by atoms with Gasteiger partial charge < -0.3 is 0 Å². The maximum atomic E-state index is 4.58. The third-order valence-electron chi connectivity index (χ3n) is 2.73. The molecule has 0 aliphatic heterocycles. The van der Waals surface area contributed by atoms with E-state index in [2.05, 4.69) is 22.1 Å². The van der Waals surface area contributed by atoms with E-state index in [1.807, 2.05) is 54.6 Å². The van der Waals surface area contributed by atoms with Gasteiger partial charge in [0.1, 0.15) is 0 Å². The summed E-state index contributed by atoms with van der Waals surface area (Å²) in [6, 6.07) is 18.1. The van der Waals surface area contributed by atoms with E-state index < -0.39 is 0 Å². The average Bonchev–Trinajstić information content (AvgIpc) is 2.46. The maximum absolute atomic E-state index is 4.58. The van der Waals surface area contributed by atoms with Gasteiger partial charge in [0, 0.05) is 11.6 Å². The fourth-order valence-electron chi connectivity index (χ4n) is 1.82. The van der Waals surface area contributed by atoms with Crippen molar-refractivity contribution < 1.29 is 0 Å². The molecule has 0 aliphatic rings. The van der Waals surface area contributed by atoms with Gasteiger partial charge in [-0.2, -0.15) is 0 Å². The van der Waals surface area contributed by atoms with Crippen molar-refractivity contribution in [2.45, 2.75) is 0 Å². The zero-order valence-electron chi connectivity index (χ0n) is 9.82. The van der Waals surface area contributed by atoms with Crippen LogP contribution in [0.4, 0.5) is 0 Å². The Morgan fingerprint density at radius 1 is 0.722 bits per heavy atom. The minimum Gasteiger partial charge on any atom is -0.257 e. The number of nitrogens with zero attached hydrogens (tertiary/aromatic N) is 2. The first kappa shape index (κ1) is 10.7. The van der Waals surface area contributed by atoms with E-state index in [0.717, 1.165) is 22.3 Å². The van der Waals surface area contributed by atoms with E-state index in [1.54, 1.807) is 6.20 Å². The largest absolute Gasteiger partial charge is 0.257 e. The standard InChI is InChI=1S/C16H12N2/c1-2-7-16-13(5-1)8-9-15(18-16)11-10-14-6-3-4-12-17-14/h1-12H. The van der Waals surface area contributed by atoms with Crippen LogP contribution in [0.1, 0.15) is 11.4 Å². The number of para-hydroxylation sites is 1. The number of benzene rings is 1. The molecule has 0 aliphatic carbocycles. The Bertz CT molecular complexity index is 688. The molecule has 2 heteroatoms. The first-order chi connectivity index (χ1) is 8.92. The summed E-state index contributed by atoms with van der Waals surface area (Å²) in [5, 5.41) is 1.16. The van der Waals surface area contributed by atoms with Crippen molar-refractivity contribution in [2.24, 2.45) is 0 Å². The summed E-state index contributed by atoms with van der Waals surface area (Å²) in [6.45, 7) is 0. The Morgan fingerprint density at radius 2 is 1.56 bits per heavy atom. The molecule has 3 aromatic rings. The first-order valence-corrected chi connectivity index (χ1v) is 5.87. The molecule has 0 saturated carbocycles. The Hall–Kier alpha value is -2.48. The average molecular weight is 232 g/mol. The lowest BCUT2D eigenvalue weighted by molar-refractivity contribution is 1.30. The van der Waals surface area contributed by atoms with Crippen molar-refractivity contribution >= 4 is 23.1 Å². The van der Waals surface area contributed by atoms with Crippen LogP contribution in [-0.4, -0.2) is 9.97 Å². The molecular formula is C16H12N2. The highest BCUT2D eigenvalue weighted by Gasteiger charge is 1.94. The molecule has 86 valence electrons. The fourth-order valence-corrected chi connectivity index (χ4v) is 1.82. The van der Waals surface area contributed by atoms with E-state index in [-0.39, 0.29) is 0 Å². The molecule has 0 fully saturated rings. The number of fused-ring (bicyclic) bond motifs is 1. The molecule has 0 saturated heterocycles. The van der Waals surface area contributed by atoms with Crippen molar-refractivity contribution in [1.29, 1.82) is 0 Å². The molecule has 0 atom stereocenters. The maximum Gasteiger partial charge on any atom is 0.0709 e. The summed E-state index contributed by atoms with van der Waals surface area (Å²) < 4.78 is 0. The molecule has 0 N–H and O–H groups in total. The zero-order chi connectivity index (χ0) is 12.2. The summed E-state index contributed by atoms with van der Waals surface area (Å²) in [5.74, 6) is 0. The van der Waals surface area contributed by atoms with E-state index in [4.69, 9.17) is 0 Å². The van der Waals surface area contributed by atoms with Gasteiger partial charge in [0.05, 0.1) is 16.9 Å². The van der Waals surface area contributed by atoms with Crippen molar-refractivity contribution in [2.75, 3.05) is 0 Å². The molecule has 2 nitrogen and oxygen atoms in total. The van der Waals surface area contributed by atoms with E-state index in [1.165, 1.54) is 0 Å². The Kier molecular flexibility index (Phi) is 2.84. The number of pyridine rings is 2. The molecule has 0 radical (unpaired) electrons. The second-order valence-electron chi connectivity index (χ2n) is 4.02. The number of aromatic nitrogens is 2. The topological polar surface area (TPSA) is 25.8 Å². The molecule has 3 rings (SSSR count). The molecule has 0 amide bonds. The van der Waals surface area contributed by atoms with Crippen molar-refractivity contribution in [3.63, 3.8) is 0 Å². The van der Waals surface area contributed by atoms with Crippen LogP contribution in [0.5, 0.6) is 0 Å². The molecule has 0 spiro atoms. The molecular weight excluding hydrogens is 220 g/mol. The van der Waals surface area contributed by atoms with Crippen LogP contribution >= 0.6 is 0 Å². The van der Waals surface area contributed by atoms with Crippen LogP contribution in [0.2, 0.25) is 0 Å². The van der Waals surface area contributed by atoms with Crippen LogP contribution in [0.25, 0.3) is 23.1 Å². The van der Waals surface area contributed by atoms with Gasteiger partial charge in [-0.1, -0.05) is 30.3 Å². The predicted molar refractivity (Wildman–Crippen MR) is 74.9 cm³/mol.